The van der Waals surface area contributed by atoms with Gasteiger partial charge < -0.3 is 9.47 Å². The van der Waals surface area contributed by atoms with Crippen LogP contribution in [0.1, 0.15) is 39.7 Å². The second kappa shape index (κ2) is 7.28. The Morgan fingerprint density at radius 3 is 2.59 bits per heavy atom. The van der Waals surface area contributed by atoms with Gasteiger partial charge in [0.15, 0.2) is 0 Å². The van der Waals surface area contributed by atoms with E-state index in [1.165, 1.54) is 12.0 Å². The molecular weight excluding hydrogens is 276 g/mol. The molecule has 3 atom stereocenters. The standard InChI is InChI=1S/C19H28O3/c1-14(11-22-18(20)19(2,3)4)17-10-16(17)13-21-12-15-8-6-5-7-9-15/h5-9,14,16-17H,10-13H2,1-4H3/t14-,16-,17+/m0/s1. The Morgan fingerprint density at radius 1 is 1.27 bits per heavy atom. The van der Waals surface area contributed by atoms with Crippen LogP contribution in [-0.4, -0.2) is 19.2 Å². The summed E-state index contributed by atoms with van der Waals surface area (Å²) in [5, 5.41) is 0. The highest BCUT2D eigenvalue weighted by atomic mass is 16.5. The van der Waals surface area contributed by atoms with Gasteiger partial charge in [0.1, 0.15) is 0 Å². The largest absolute Gasteiger partial charge is 0.465 e. The molecule has 0 N–H and O–H groups in total. The van der Waals surface area contributed by atoms with E-state index in [9.17, 15) is 4.79 Å². The summed E-state index contributed by atoms with van der Waals surface area (Å²) in [6.45, 7) is 9.83. The number of benzene rings is 1. The van der Waals surface area contributed by atoms with Crippen LogP contribution in [0.3, 0.4) is 0 Å². The van der Waals surface area contributed by atoms with E-state index in [-0.39, 0.29) is 5.97 Å². The summed E-state index contributed by atoms with van der Waals surface area (Å²) >= 11 is 0. The predicted molar refractivity (Wildman–Crippen MR) is 87.3 cm³/mol. The minimum Gasteiger partial charge on any atom is -0.465 e. The molecule has 0 spiro atoms. The van der Waals surface area contributed by atoms with Crippen molar-refractivity contribution in [3.8, 4) is 0 Å². The van der Waals surface area contributed by atoms with E-state index < -0.39 is 5.41 Å². The minimum absolute atomic E-state index is 0.114. The fraction of sp³-hybridized carbons (Fsp3) is 0.632. The van der Waals surface area contributed by atoms with Gasteiger partial charge in [-0.25, -0.2) is 0 Å². The maximum atomic E-state index is 11.8. The normalized spacial score (nSPS) is 22.2. The Morgan fingerprint density at radius 2 is 1.95 bits per heavy atom. The zero-order valence-electron chi connectivity index (χ0n) is 14.2. The van der Waals surface area contributed by atoms with Crippen molar-refractivity contribution in [2.45, 2.75) is 40.7 Å². The molecule has 22 heavy (non-hydrogen) atoms. The second-order valence-electron chi connectivity index (χ2n) is 7.49. The molecule has 1 aliphatic carbocycles. The summed E-state index contributed by atoms with van der Waals surface area (Å²) in [6.07, 6.45) is 1.18. The van der Waals surface area contributed by atoms with Crippen LogP contribution < -0.4 is 0 Å². The number of hydrogen-bond acceptors (Lipinski definition) is 3. The molecular formula is C19H28O3. The van der Waals surface area contributed by atoms with E-state index in [4.69, 9.17) is 9.47 Å². The van der Waals surface area contributed by atoms with Crippen molar-refractivity contribution >= 4 is 5.97 Å². The van der Waals surface area contributed by atoms with Gasteiger partial charge in [0.05, 0.1) is 25.2 Å². The number of esters is 1. The lowest BCUT2D eigenvalue weighted by molar-refractivity contribution is -0.154. The van der Waals surface area contributed by atoms with Gasteiger partial charge in [-0.2, -0.15) is 0 Å². The van der Waals surface area contributed by atoms with Crippen molar-refractivity contribution in [2.75, 3.05) is 13.2 Å². The van der Waals surface area contributed by atoms with Gasteiger partial charge >= 0.3 is 5.97 Å². The highest BCUT2D eigenvalue weighted by molar-refractivity contribution is 5.75. The molecule has 3 heteroatoms. The lowest BCUT2D eigenvalue weighted by Crippen LogP contribution is -2.25. The van der Waals surface area contributed by atoms with Gasteiger partial charge in [-0.15, -0.1) is 0 Å². The van der Waals surface area contributed by atoms with Crippen LogP contribution >= 0.6 is 0 Å². The van der Waals surface area contributed by atoms with E-state index in [0.29, 0.717) is 31.0 Å². The molecule has 0 aromatic heterocycles. The maximum absolute atomic E-state index is 11.8. The third-order valence-corrected chi connectivity index (χ3v) is 4.24. The van der Waals surface area contributed by atoms with Crippen molar-refractivity contribution < 1.29 is 14.3 Å². The third-order valence-electron chi connectivity index (χ3n) is 4.24. The molecule has 0 saturated heterocycles. The number of carbonyl (C=O) groups excluding carboxylic acids is 1. The molecule has 1 aromatic rings. The van der Waals surface area contributed by atoms with E-state index in [2.05, 4.69) is 19.1 Å². The number of rotatable bonds is 7. The SMILES string of the molecule is C[C@@H](COC(=O)C(C)(C)C)[C@H]1C[C@H]1COCc1ccccc1. The van der Waals surface area contributed by atoms with Crippen LogP contribution in [0.5, 0.6) is 0 Å². The average molecular weight is 304 g/mol. The lowest BCUT2D eigenvalue weighted by Gasteiger charge is -2.19. The van der Waals surface area contributed by atoms with Crippen LogP contribution in [-0.2, 0) is 20.9 Å². The molecule has 1 aromatic carbocycles. The monoisotopic (exact) mass is 304 g/mol. The first-order valence-corrected chi connectivity index (χ1v) is 8.17. The molecule has 122 valence electrons. The topological polar surface area (TPSA) is 35.5 Å². The number of hydrogen-bond donors (Lipinski definition) is 0. The van der Waals surface area contributed by atoms with Crippen molar-refractivity contribution in [2.24, 2.45) is 23.2 Å². The van der Waals surface area contributed by atoms with E-state index in [1.807, 2.05) is 39.0 Å². The highest BCUT2D eigenvalue weighted by Gasteiger charge is 2.41. The Hall–Kier alpha value is -1.35. The molecule has 3 nitrogen and oxygen atoms in total. The summed E-state index contributed by atoms with van der Waals surface area (Å²) < 4.78 is 11.2. The van der Waals surface area contributed by atoms with E-state index in [1.54, 1.807) is 0 Å². The molecule has 1 aliphatic rings. The first kappa shape index (κ1) is 17.0. The Bertz CT molecular complexity index is 475. The summed E-state index contributed by atoms with van der Waals surface area (Å²) in [6, 6.07) is 10.2. The first-order chi connectivity index (χ1) is 10.4. The lowest BCUT2D eigenvalue weighted by atomic mass is 9.97. The zero-order chi connectivity index (χ0) is 16.2. The Kier molecular flexibility index (Phi) is 5.63. The molecule has 0 unspecified atom stereocenters. The Balaban J connectivity index is 1.62. The summed E-state index contributed by atoms with van der Waals surface area (Å²) in [5.74, 6) is 1.55. The summed E-state index contributed by atoms with van der Waals surface area (Å²) in [7, 11) is 0. The van der Waals surface area contributed by atoms with Gasteiger partial charge in [0.25, 0.3) is 0 Å². The van der Waals surface area contributed by atoms with E-state index >= 15 is 0 Å². The van der Waals surface area contributed by atoms with Crippen LogP contribution in [0.15, 0.2) is 30.3 Å². The molecule has 1 saturated carbocycles. The smallest absolute Gasteiger partial charge is 0.311 e. The van der Waals surface area contributed by atoms with Crippen LogP contribution in [0.4, 0.5) is 0 Å². The maximum Gasteiger partial charge on any atom is 0.311 e. The van der Waals surface area contributed by atoms with Crippen LogP contribution in [0.25, 0.3) is 0 Å². The van der Waals surface area contributed by atoms with Crippen molar-refractivity contribution in [3.05, 3.63) is 35.9 Å². The summed E-state index contributed by atoms with van der Waals surface area (Å²) in [4.78, 5) is 11.8. The van der Waals surface area contributed by atoms with Gasteiger partial charge in [-0.05, 0) is 50.5 Å². The van der Waals surface area contributed by atoms with Crippen LogP contribution in [0.2, 0.25) is 0 Å². The van der Waals surface area contributed by atoms with Crippen molar-refractivity contribution in [3.63, 3.8) is 0 Å². The minimum atomic E-state index is -0.415. The van der Waals surface area contributed by atoms with Crippen LogP contribution in [0, 0.1) is 23.2 Å². The average Bonchev–Trinajstić information content (AvgIpc) is 3.24. The zero-order valence-corrected chi connectivity index (χ0v) is 14.2. The number of carbonyl (C=O) groups is 1. The first-order valence-electron chi connectivity index (χ1n) is 8.17. The van der Waals surface area contributed by atoms with Crippen molar-refractivity contribution in [1.82, 2.24) is 0 Å². The fourth-order valence-electron chi connectivity index (χ4n) is 2.61. The molecule has 0 bridgehead atoms. The Labute approximate surface area is 134 Å². The molecule has 0 aliphatic heterocycles. The quantitative estimate of drug-likeness (QED) is 0.712. The van der Waals surface area contributed by atoms with Gasteiger partial charge in [-0.3, -0.25) is 4.79 Å². The predicted octanol–water partition coefficient (Wildman–Crippen LogP) is 4.06. The second-order valence-corrected chi connectivity index (χ2v) is 7.49. The molecule has 1 fully saturated rings. The third kappa shape index (κ3) is 5.13. The van der Waals surface area contributed by atoms with Gasteiger partial charge in [0, 0.05) is 0 Å². The molecule has 2 rings (SSSR count). The summed E-state index contributed by atoms with van der Waals surface area (Å²) in [5.41, 5.74) is 0.799. The number of ether oxygens (including phenoxy) is 2. The molecule has 0 heterocycles. The van der Waals surface area contributed by atoms with Crippen molar-refractivity contribution in [1.29, 1.82) is 0 Å². The molecule has 0 amide bonds. The van der Waals surface area contributed by atoms with Gasteiger partial charge in [0.2, 0.25) is 0 Å². The molecule has 0 radical (unpaired) electrons. The van der Waals surface area contributed by atoms with E-state index in [0.717, 1.165) is 6.61 Å². The fourth-order valence-corrected chi connectivity index (χ4v) is 2.61. The van der Waals surface area contributed by atoms with Gasteiger partial charge in [-0.1, -0.05) is 37.3 Å². The highest BCUT2D eigenvalue weighted by Crippen LogP contribution is 2.44.